The normalized spacial score (nSPS) is 15.1. The van der Waals surface area contributed by atoms with Crippen molar-refractivity contribution in [2.24, 2.45) is 5.92 Å². The lowest BCUT2D eigenvalue weighted by atomic mass is 9.99. The Morgan fingerprint density at radius 2 is 1.69 bits per heavy atom. The van der Waals surface area contributed by atoms with E-state index in [1.54, 1.807) is 30.3 Å². The highest BCUT2D eigenvalue weighted by Gasteiger charge is 2.18. The Morgan fingerprint density at radius 3 is 2.28 bits per heavy atom. The summed E-state index contributed by atoms with van der Waals surface area (Å²) in [5.41, 5.74) is 6.37. The number of benzene rings is 2. The molecule has 1 unspecified atom stereocenters. The van der Waals surface area contributed by atoms with Crippen LogP contribution in [0.5, 0.6) is 5.75 Å². The van der Waals surface area contributed by atoms with E-state index in [0.29, 0.717) is 33.9 Å². The summed E-state index contributed by atoms with van der Waals surface area (Å²) in [6.45, 7) is 17.5. The second-order valence-corrected chi connectivity index (χ2v) is 15.4. The molecule has 0 fully saturated rings. The number of imidazole rings is 1. The molecule has 1 aromatic heterocycles. The molecule has 1 heterocycles. The summed E-state index contributed by atoms with van der Waals surface area (Å²) in [6.07, 6.45) is 23.8. The maximum Gasteiger partial charge on any atom is 0.292 e. The number of ether oxygens (including phenoxy) is 2. The van der Waals surface area contributed by atoms with Crippen LogP contribution < -0.4 is 4.74 Å². The summed E-state index contributed by atoms with van der Waals surface area (Å²) in [7, 11) is -1.95. The molecule has 0 saturated heterocycles. The second kappa shape index (κ2) is 23.4. The number of carbonyl (C=O) groups is 1. The van der Waals surface area contributed by atoms with Crippen molar-refractivity contribution in [3.63, 3.8) is 0 Å². The number of hydrogen-bond acceptors (Lipinski definition) is 6. The summed E-state index contributed by atoms with van der Waals surface area (Å²) in [5, 5.41) is 1.18. The molecule has 0 saturated carbocycles. The molecule has 0 N–H and O–H groups in total. The monoisotopic (exact) mass is 792 g/mol. The standard InChI is InChI=1S/C40H44Cl2N2O3S.C2H4O2.C2H6/c1-7-28(3)12-13-29(4)26-44-27-39(37-23-18-34(41)25-38(37)42)43-40(44)24-31-10-9-11-33(17-15-31)32(8-2)16-14-30(5)47-35-19-21-36(22-20-35)48(6,45)46;1-4-2-3;1-2/h8,11-23,25,27,31H,2,7,9-10,24,26H2,1,3-6H3;2H,1H3;1-2H3/b28-12-,29-13+,30-14+,32-16+;;. The van der Waals surface area contributed by atoms with Gasteiger partial charge in [-0.25, -0.2) is 13.4 Å². The Labute approximate surface area is 333 Å². The number of methoxy groups -OCH3 is 1. The van der Waals surface area contributed by atoms with Crippen LogP contribution in [-0.2, 0) is 32.3 Å². The molecular weight excluding hydrogens is 739 g/mol. The highest BCUT2D eigenvalue weighted by atomic mass is 35.5. The molecule has 0 bridgehead atoms. The zero-order valence-corrected chi connectivity index (χ0v) is 35.1. The number of aromatic nitrogens is 2. The smallest absolute Gasteiger partial charge is 0.292 e. The van der Waals surface area contributed by atoms with Gasteiger partial charge in [-0.2, -0.15) is 0 Å². The van der Waals surface area contributed by atoms with Crippen molar-refractivity contribution in [1.29, 1.82) is 0 Å². The Balaban J connectivity index is 0.00000157. The molecule has 290 valence electrons. The lowest BCUT2D eigenvalue weighted by Gasteiger charge is -2.13. The van der Waals surface area contributed by atoms with Gasteiger partial charge in [0.05, 0.1) is 22.7 Å². The minimum absolute atomic E-state index is 0.257. The number of allylic oxidation sites excluding steroid dienone is 13. The van der Waals surface area contributed by atoms with Crippen LogP contribution in [0, 0.1) is 5.92 Å². The van der Waals surface area contributed by atoms with Crippen molar-refractivity contribution in [3.8, 4) is 17.0 Å². The van der Waals surface area contributed by atoms with E-state index in [9.17, 15) is 8.42 Å². The van der Waals surface area contributed by atoms with Crippen molar-refractivity contribution >= 4 is 39.5 Å². The molecule has 3 aromatic rings. The summed E-state index contributed by atoms with van der Waals surface area (Å²) >= 11 is 12.8. The molecule has 1 aliphatic carbocycles. The Bertz CT molecular complexity index is 2000. The number of rotatable bonds is 14. The Morgan fingerprint density at radius 1 is 1.02 bits per heavy atom. The molecule has 4 rings (SSSR count). The number of sulfone groups is 1. The quantitative estimate of drug-likeness (QED) is 0.0917. The zero-order chi connectivity index (χ0) is 40.3. The first-order valence-corrected chi connectivity index (χ1v) is 20.6. The molecule has 0 aliphatic heterocycles. The summed E-state index contributed by atoms with van der Waals surface area (Å²) in [4.78, 5) is 14.3. The minimum atomic E-state index is -3.26. The molecule has 54 heavy (non-hydrogen) atoms. The first-order valence-electron chi connectivity index (χ1n) is 18.0. The molecule has 10 heteroatoms. The average Bonchev–Trinajstić information content (AvgIpc) is 3.38. The van der Waals surface area contributed by atoms with E-state index in [2.05, 4.69) is 73.2 Å². The summed E-state index contributed by atoms with van der Waals surface area (Å²) in [5.74, 6) is 2.55. The molecular formula is C44H54Cl2N2O5S. The van der Waals surface area contributed by atoms with Crippen molar-refractivity contribution < 1.29 is 22.7 Å². The fourth-order valence-electron chi connectivity index (χ4n) is 5.24. The molecule has 7 nitrogen and oxygen atoms in total. The highest BCUT2D eigenvalue weighted by molar-refractivity contribution is 7.90. The molecule has 0 amide bonds. The van der Waals surface area contributed by atoms with Gasteiger partial charge in [0, 0.05) is 36.0 Å². The topological polar surface area (TPSA) is 87.5 Å². The van der Waals surface area contributed by atoms with Crippen LogP contribution in [0.2, 0.25) is 10.0 Å². The van der Waals surface area contributed by atoms with E-state index in [1.165, 1.54) is 24.5 Å². The molecule has 1 aliphatic rings. The van der Waals surface area contributed by atoms with Crippen molar-refractivity contribution in [2.45, 2.75) is 78.7 Å². The largest absolute Gasteiger partial charge is 0.471 e. The van der Waals surface area contributed by atoms with Crippen molar-refractivity contribution in [1.82, 2.24) is 9.55 Å². The number of carbonyl (C=O) groups excluding carboxylic acids is 1. The van der Waals surface area contributed by atoms with Crippen LogP contribution in [0.1, 0.15) is 66.6 Å². The summed E-state index contributed by atoms with van der Waals surface area (Å²) < 4.78 is 35.5. The third kappa shape index (κ3) is 15.2. The third-order valence-electron chi connectivity index (χ3n) is 8.27. The highest BCUT2D eigenvalue weighted by Crippen LogP contribution is 2.32. The van der Waals surface area contributed by atoms with Gasteiger partial charge < -0.3 is 14.0 Å². The Hall–Kier alpha value is -4.37. The SMILES string of the molecule is C=C/C(=C\C=C(/C)Oc1ccc(S(C)(=O)=O)cc1)C1=CCCC(Cc2nc(-c3ccc(Cl)cc3Cl)cn2C/C(C)=C/C=C(/C)CC)C=C1.CC.COC=O. The van der Waals surface area contributed by atoms with Crippen LogP contribution in [0.3, 0.4) is 0 Å². The average molecular weight is 794 g/mol. The van der Waals surface area contributed by atoms with Crippen LogP contribution in [0.15, 0.2) is 137 Å². The predicted octanol–water partition coefficient (Wildman–Crippen LogP) is 11.9. The van der Waals surface area contributed by atoms with Gasteiger partial charge in [0.1, 0.15) is 17.3 Å². The predicted molar refractivity (Wildman–Crippen MR) is 226 cm³/mol. The van der Waals surface area contributed by atoms with Gasteiger partial charge in [0.15, 0.2) is 9.84 Å². The number of halogens is 2. The van der Waals surface area contributed by atoms with Gasteiger partial charge >= 0.3 is 0 Å². The van der Waals surface area contributed by atoms with Gasteiger partial charge in [-0.1, -0.05) is 104 Å². The van der Waals surface area contributed by atoms with E-state index < -0.39 is 9.84 Å². The fraction of sp³-hybridized carbons (Fsp3) is 0.318. The number of nitrogens with zero attached hydrogens (tertiary/aromatic N) is 2. The minimum Gasteiger partial charge on any atom is -0.471 e. The summed E-state index contributed by atoms with van der Waals surface area (Å²) in [6, 6.07) is 11.9. The molecule has 0 spiro atoms. The lowest BCUT2D eigenvalue weighted by molar-refractivity contribution is -0.126. The molecule has 2 aromatic carbocycles. The van der Waals surface area contributed by atoms with Crippen LogP contribution in [-0.4, -0.2) is 37.8 Å². The van der Waals surface area contributed by atoms with Crippen LogP contribution in [0.25, 0.3) is 11.3 Å². The van der Waals surface area contributed by atoms with Gasteiger partial charge in [0.2, 0.25) is 0 Å². The first kappa shape index (κ1) is 45.8. The maximum atomic E-state index is 11.7. The van der Waals surface area contributed by atoms with Gasteiger partial charge in [0.25, 0.3) is 6.47 Å². The van der Waals surface area contributed by atoms with Crippen LogP contribution in [0.4, 0.5) is 0 Å². The van der Waals surface area contributed by atoms with E-state index in [-0.39, 0.29) is 4.90 Å². The van der Waals surface area contributed by atoms with E-state index in [0.717, 1.165) is 60.5 Å². The van der Waals surface area contributed by atoms with Gasteiger partial charge in [-0.3, -0.25) is 4.79 Å². The lowest BCUT2D eigenvalue weighted by Crippen LogP contribution is -2.09. The third-order valence-corrected chi connectivity index (χ3v) is 9.94. The Kier molecular flexibility index (Phi) is 19.9. The van der Waals surface area contributed by atoms with E-state index in [1.807, 2.05) is 51.1 Å². The van der Waals surface area contributed by atoms with E-state index in [4.69, 9.17) is 37.7 Å². The number of hydrogen-bond donors (Lipinski definition) is 0. The zero-order valence-electron chi connectivity index (χ0n) is 32.7. The molecule has 1 atom stereocenters. The van der Waals surface area contributed by atoms with Gasteiger partial charge in [-0.05, 0) is 106 Å². The fourth-order valence-corrected chi connectivity index (χ4v) is 6.38. The maximum absolute atomic E-state index is 11.7. The van der Waals surface area contributed by atoms with Crippen molar-refractivity contribution in [2.75, 3.05) is 13.4 Å². The van der Waals surface area contributed by atoms with E-state index >= 15 is 0 Å². The second-order valence-electron chi connectivity index (χ2n) is 12.5. The first-order chi connectivity index (χ1) is 25.8. The molecule has 0 radical (unpaired) electrons. The van der Waals surface area contributed by atoms with Crippen molar-refractivity contribution in [3.05, 3.63) is 148 Å². The van der Waals surface area contributed by atoms with Crippen LogP contribution >= 0.6 is 23.2 Å². The van der Waals surface area contributed by atoms with Gasteiger partial charge in [-0.15, -0.1) is 0 Å².